The van der Waals surface area contributed by atoms with Gasteiger partial charge in [-0.05, 0) is 24.5 Å². The Morgan fingerprint density at radius 3 is 2.39 bits per heavy atom. The van der Waals surface area contributed by atoms with Crippen LogP contribution in [0.1, 0.15) is 19.5 Å². The molecule has 2 N–H and O–H groups in total. The first-order chi connectivity index (χ1) is 8.50. The molecule has 18 heavy (non-hydrogen) atoms. The lowest BCUT2D eigenvalue weighted by atomic mass is 9.99. The Labute approximate surface area is 116 Å². The van der Waals surface area contributed by atoms with E-state index in [1.54, 1.807) is 18.2 Å². The van der Waals surface area contributed by atoms with E-state index in [0.717, 1.165) is 12.1 Å². The summed E-state index contributed by atoms with van der Waals surface area (Å²) in [5, 5.41) is 5.08. The fourth-order valence-electron chi connectivity index (χ4n) is 1.87. The molecule has 0 aliphatic carbocycles. The lowest BCUT2D eigenvalue weighted by Gasteiger charge is -2.08. The number of rotatable bonds is 3. The molecule has 0 radical (unpaired) electrons. The average molecular weight is 285 g/mol. The summed E-state index contributed by atoms with van der Waals surface area (Å²) in [6.45, 7) is 4.20. The summed E-state index contributed by atoms with van der Waals surface area (Å²) in [5.74, 6) is 0.690. The quantitative estimate of drug-likeness (QED) is 0.907. The van der Waals surface area contributed by atoms with Gasteiger partial charge in [0.15, 0.2) is 0 Å². The third-order valence-corrected chi connectivity index (χ3v) is 3.23. The van der Waals surface area contributed by atoms with Crippen molar-refractivity contribution in [2.45, 2.75) is 20.3 Å². The fourth-order valence-corrected chi connectivity index (χ4v) is 2.45. The molecule has 0 saturated carbocycles. The van der Waals surface area contributed by atoms with Gasteiger partial charge in [-0.15, -0.1) is 0 Å². The predicted molar refractivity (Wildman–Crippen MR) is 74.9 cm³/mol. The van der Waals surface area contributed by atoms with Gasteiger partial charge in [0.25, 0.3) is 0 Å². The normalized spacial score (nSPS) is 11.2. The van der Waals surface area contributed by atoms with E-state index >= 15 is 0 Å². The van der Waals surface area contributed by atoms with Crippen LogP contribution in [0.4, 0.5) is 5.88 Å². The lowest BCUT2D eigenvalue weighted by molar-refractivity contribution is 0.422. The molecule has 2 aromatic rings. The van der Waals surface area contributed by atoms with Gasteiger partial charge in [0.1, 0.15) is 0 Å². The number of hydrogen-bond acceptors (Lipinski definition) is 3. The number of anilines is 1. The second-order valence-corrected chi connectivity index (χ2v) is 5.38. The Morgan fingerprint density at radius 1 is 1.22 bits per heavy atom. The Balaban J connectivity index is 2.60. The van der Waals surface area contributed by atoms with Gasteiger partial charge in [-0.1, -0.05) is 48.3 Å². The summed E-state index contributed by atoms with van der Waals surface area (Å²) < 4.78 is 5.07. The molecule has 2 rings (SSSR count). The maximum Gasteiger partial charge on any atom is 0.230 e. The first-order valence-corrected chi connectivity index (χ1v) is 6.44. The highest BCUT2D eigenvalue weighted by Crippen LogP contribution is 2.40. The van der Waals surface area contributed by atoms with E-state index in [4.69, 9.17) is 33.5 Å². The van der Waals surface area contributed by atoms with Gasteiger partial charge < -0.3 is 10.3 Å². The predicted octanol–water partition coefficient (Wildman–Crippen LogP) is 4.43. The van der Waals surface area contributed by atoms with Crippen molar-refractivity contribution in [1.29, 1.82) is 0 Å². The highest BCUT2D eigenvalue weighted by atomic mass is 35.5. The molecule has 5 heteroatoms. The summed E-state index contributed by atoms with van der Waals surface area (Å²) in [4.78, 5) is 0. The van der Waals surface area contributed by atoms with Gasteiger partial charge in [0.2, 0.25) is 5.88 Å². The number of halogens is 2. The van der Waals surface area contributed by atoms with Crippen molar-refractivity contribution in [3.05, 3.63) is 33.9 Å². The zero-order valence-electron chi connectivity index (χ0n) is 10.2. The molecule has 0 fully saturated rings. The van der Waals surface area contributed by atoms with Gasteiger partial charge in [-0.3, -0.25) is 0 Å². The Kier molecular flexibility index (Phi) is 3.83. The number of hydrogen-bond donors (Lipinski definition) is 1. The van der Waals surface area contributed by atoms with Crippen molar-refractivity contribution in [2.75, 3.05) is 5.73 Å². The first-order valence-electron chi connectivity index (χ1n) is 5.69. The molecule has 96 valence electrons. The van der Waals surface area contributed by atoms with Crippen LogP contribution in [0.5, 0.6) is 0 Å². The zero-order chi connectivity index (χ0) is 13.3. The largest absolute Gasteiger partial charge is 0.367 e. The molecule has 1 aromatic heterocycles. The Hall–Kier alpha value is -1.19. The topological polar surface area (TPSA) is 52.0 Å². The number of nitrogens with zero attached hydrogens (tertiary/aromatic N) is 1. The molecule has 0 unspecified atom stereocenters. The zero-order valence-corrected chi connectivity index (χ0v) is 11.7. The van der Waals surface area contributed by atoms with Crippen molar-refractivity contribution in [2.24, 2.45) is 5.92 Å². The summed E-state index contributed by atoms with van der Waals surface area (Å²) in [5.41, 5.74) is 8.03. The minimum absolute atomic E-state index is 0.251. The van der Waals surface area contributed by atoms with Crippen LogP contribution < -0.4 is 5.73 Å². The highest BCUT2D eigenvalue weighted by Gasteiger charge is 2.21. The van der Waals surface area contributed by atoms with Gasteiger partial charge in [-0.25, -0.2) is 0 Å². The maximum absolute atomic E-state index is 6.19. The minimum Gasteiger partial charge on any atom is -0.367 e. The third kappa shape index (κ3) is 2.47. The number of nitrogens with two attached hydrogens (primary N) is 1. The summed E-state index contributed by atoms with van der Waals surface area (Å²) in [7, 11) is 0. The molecule has 0 aliphatic rings. The molecule has 0 spiro atoms. The smallest absolute Gasteiger partial charge is 0.230 e. The average Bonchev–Trinajstić information content (AvgIpc) is 2.60. The number of aromatic nitrogens is 1. The Morgan fingerprint density at radius 2 is 1.83 bits per heavy atom. The molecule has 1 heterocycles. The van der Waals surface area contributed by atoms with E-state index < -0.39 is 0 Å². The van der Waals surface area contributed by atoms with Crippen LogP contribution in [-0.2, 0) is 6.42 Å². The number of nitrogen functional groups attached to an aromatic ring is 1. The standard InChI is InChI=1S/C13H14Cl2N2O/c1-7(2)6-10-12(13(16)18-17-10)11-8(14)4-3-5-9(11)15/h3-5,7H,6,16H2,1-2H3. The van der Waals surface area contributed by atoms with E-state index in [1.165, 1.54) is 0 Å². The van der Waals surface area contributed by atoms with E-state index in [0.29, 0.717) is 27.1 Å². The van der Waals surface area contributed by atoms with Gasteiger partial charge in [0, 0.05) is 5.56 Å². The SMILES string of the molecule is CC(C)Cc1noc(N)c1-c1c(Cl)cccc1Cl. The number of benzene rings is 1. The summed E-state index contributed by atoms with van der Waals surface area (Å²) in [6.07, 6.45) is 0.761. The van der Waals surface area contributed by atoms with Crippen LogP contribution in [0.3, 0.4) is 0 Å². The van der Waals surface area contributed by atoms with Crippen molar-refractivity contribution in [3.63, 3.8) is 0 Å². The molecule has 3 nitrogen and oxygen atoms in total. The molecule has 0 aliphatic heterocycles. The molecule has 1 aromatic carbocycles. The summed E-state index contributed by atoms with van der Waals surface area (Å²) >= 11 is 12.4. The van der Waals surface area contributed by atoms with Gasteiger partial charge in [-0.2, -0.15) is 0 Å². The van der Waals surface area contributed by atoms with Crippen molar-refractivity contribution >= 4 is 29.1 Å². The minimum atomic E-state index is 0.251. The molecular weight excluding hydrogens is 271 g/mol. The fraction of sp³-hybridized carbons (Fsp3) is 0.308. The van der Waals surface area contributed by atoms with Crippen LogP contribution >= 0.6 is 23.2 Å². The van der Waals surface area contributed by atoms with Crippen LogP contribution in [0.25, 0.3) is 11.1 Å². The molecule has 0 bridgehead atoms. The van der Waals surface area contributed by atoms with Crippen molar-refractivity contribution in [1.82, 2.24) is 5.16 Å². The van der Waals surface area contributed by atoms with Crippen LogP contribution in [0.15, 0.2) is 22.7 Å². The van der Waals surface area contributed by atoms with Crippen LogP contribution in [0.2, 0.25) is 10.0 Å². The van der Waals surface area contributed by atoms with Crippen molar-refractivity contribution in [3.8, 4) is 11.1 Å². The Bertz CT molecular complexity index is 544. The second-order valence-electron chi connectivity index (χ2n) is 4.56. The molecule has 0 amide bonds. The van der Waals surface area contributed by atoms with E-state index in [-0.39, 0.29) is 5.88 Å². The van der Waals surface area contributed by atoms with Crippen LogP contribution in [0, 0.1) is 5.92 Å². The molecular formula is C13H14Cl2N2O. The monoisotopic (exact) mass is 284 g/mol. The van der Waals surface area contributed by atoms with Gasteiger partial charge in [0.05, 0.1) is 21.3 Å². The maximum atomic E-state index is 6.19. The van der Waals surface area contributed by atoms with Crippen LogP contribution in [-0.4, -0.2) is 5.16 Å². The molecule has 0 atom stereocenters. The van der Waals surface area contributed by atoms with Gasteiger partial charge >= 0.3 is 0 Å². The second kappa shape index (κ2) is 5.21. The van der Waals surface area contributed by atoms with E-state index in [1.807, 2.05) is 0 Å². The van der Waals surface area contributed by atoms with E-state index in [2.05, 4.69) is 19.0 Å². The highest BCUT2D eigenvalue weighted by molar-refractivity contribution is 6.39. The first kappa shape index (κ1) is 13.2. The van der Waals surface area contributed by atoms with E-state index in [9.17, 15) is 0 Å². The van der Waals surface area contributed by atoms with Crippen molar-refractivity contribution < 1.29 is 4.52 Å². The lowest BCUT2D eigenvalue weighted by Crippen LogP contribution is -1.98. The molecule has 0 saturated heterocycles. The summed E-state index contributed by atoms with van der Waals surface area (Å²) in [6, 6.07) is 5.34. The third-order valence-electron chi connectivity index (χ3n) is 2.60.